The van der Waals surface area contributed by atoms with Gasteiger partial charge in [0.15, 0.2) is 0 Å². The SMILES string of the molecule is O=C(Nc1ccc(OC(F)(F)Cl)cc1)c1cnc(N2CC[C@@H](O)C2)c(-c2cc3c([nH]2)CNC3=O)c1. The van der Waals surface area contributed by atoms with Gasteiger partial charge in [-0.1, -0.05) is 0 Å². The highest BCUT2D eigenvalue weighted by molar-refractivity contribution is 6.20. The van der Waals surface area contributed by atoms with Gasteiger partial charge in [-0.15, -0.1) is 8.78 Å². The van der Waals surface area contributed by atoms with Crippen LogP contribution in [0.4, 0.5) is 20.3 Å². The molecule has 12 heteroatoms. The molecule has 0 radical (unpaired) electrons. The lowest BCUT2D eigenvalue weighted by Gasteiger charge is -2.20. The van der Waals surface area contributed by atoms with Crippen LogP contribution in [0.15, 0.2) is 42.6 Å². The number of hydrogen-bond acceptors (Lipinski definition) is 6. The topological polar surface area (TPSA) is 120 Å². The number of pyridine rings is 1. The number of aliphatic hydroxyl groups excluding tert-OH is 1. The number of aliphatic hydroxyl groups is 1. The molecule has 0 saturated carbocycles. The maximum absolute atomic E-state index is 12.9. The van der Waals surface area contributed by atoms with Gasteiger partial charge in [0.2, 0.25) is 0 Å². The Morgan fingerprint density at radius 1 is 1.26 bits per heavy atom. The number of ether oxygens (including phenoxy) is 1. The number of β-amino-alcohol motifs (C(OH)–C–C–N with tert-alkyl or cyclic N) is 1. The van der Waals surface area contributed by atoms with Crippen molar-refractivity contribution in [3.63, 3.8) is 0 Å². The summed E-state index contributed by atoms with van der Waals surface area (Å²) in [6, 6.07) is 8.69. The quantitative estimate of drug-likeness (QED) is 0.383. The van der Waals surface area contributed by atoms with E-state index in [0.29, 0.717) is 54.4 Å². The lowest BCUT2D eigenvalue weighted by atomic mass is 10.1. The van der Waals surface area contributed by atoms with Crippen molar-refractivity contribution < 1.29 is 28.2 Å². The highest BCUT2D eigenvalue weighted by Gasteiger charge is 2.29. The third kappa shape index (κ3) is 4.91. The van der Waals surface area contributed by atoms with Crippen LogP contribution < -0.4 is 20.3 Å². The number of nitrogens with one attached hydrogen (secondary N) is 3. The van der Waals surface area contributed by atoms with Crippen LogP contribution >= 0.6 is 11.6 Å². The number of hydrogen-bond donors (Lipinski definition) is 4. The molecule has 4 N–H and O–H groups in total. The molecule has 0 aliphatic carbocycles. The van der Waals surface area contributed by atoms with Crippen molar-refractivity contribution in [2.75, 3.05) is 23.3 Å². The Kier molecular flexibility index (Phi) is 5.81. The van der Waals surface area contributed by atoms with Gasteiger partial charge in [-0.25, -0.2) is 4.98 Å². The normalized spacial score (nSPS) is 17.3. The predicted molar refractivity (Wildman–Crippen MR) is 124 cm³/mol. The van der Waals surface area contributed by atoms with Gasteiger partial charge in [-0.3, -0.25) is 9.59 Å². The van der Waals surface area contributed by atoms with Crippen LogP contribution in [0.3, 0.4) is 0 Å². The first-order chi connectivity index (χ1) is 16.7. The lowest BCUT2D eigenvalue weighted by molar-refractivity contribution is -0.0964. The number of rotatable bonds is 6. The minimum Gasteiger partial charge on any atom is -0.420 e. The van der Waals surface area contributed by atoms with Crippen molar-refractivity contribution in [1.29, 1.82) is 0 Å². The van der Waals surface area contributed by atoms with Crippen LogP contribution in [0.5, 0.6) is 5.75 Å². The number of H-pyrrole nitrogens is 1. The maximum atomic E-state index is 12.9. The molecule has 0 spiro atoms. The first-order valence-corrected chi connectivity index (χ1v) is 11.1. The summed E-state index contributed by atoms with van der Waals surface area (Å²) in [6.07, 6.45) is 1.55. The number of anilines is 2. The maximum Gasteiger partial charge on any atom is 0.487 e. The molecule has 1 aromatic carbocycles. The number of aromatic nitrogens is 2. The fourth-order valence-corrected chi connectivity index (χ4v) is 4.25. The fraction of sp³-hybridized carbons (Fsp3) is 0.261. The molecule has 182 valence electrons. The van der Waals surface area contributed by atoms with Gasteiger partial charge in [0, 0.05) is 47.8 Å². The van der Waals surface area contributed by atoms with Crippen molar-refractivity contribution in [3.05, 3.63) is 59.4 Å². The van der Waals surface area contributed by atoms with E-state index in [2.05, 4.69) is 25.3 Å². The van der Waals surface area contributed by atoms with Gasteiger partial charge in [0.25, 0.3) is 11.8 Å². The molecule has 1 atom stereocenters. The second-order valence-corrected chi connectivity index (χ2v) is 8.71. The summed E-state index contributed by atoms with van der Waals surface area (Å²) in [4.78, 5) is 34.7. The zero-order valence-corrected chi connectivity index (χ0v) is 18.9. The van der Waals surface area contributed by atoms with Crippen molar-refractivity contribution in [2.45, 2.75) is 24.6 Å². The van der Waals surface area contributed by atoms with Gasteiger partial charge < -0.3 is 30.4 Å². The van der Waals surface area contributed by atoms with E-state index < -0.39 is 17.6 Å². The molecule has 3 aromatic rings. The summed E-state index contributed by atoms with van der Waals surface area (Å²) in [5.41, 5.74) is -0.712. The smallest absolute Gasteiger partial charge is 0.420 e. The number of aromatic amines is 1. The van der Waals surface area contributed by atoms with E-state index in [1.54, 1.807) is 12.1 Å². The van der Waals surface area contributed by atoms with E-state index in [4.69, 9.17) is 11.6 Å². The van der Waals surface area contributed by atoms with E-state index in [-0.39, 0.29) is 17.2 Å². The van der Waals surface area contributed by atoms with E-state index >= 15 is 0 Å². The molecule has 2 aliphatic rings. The molecule has 5 rings (SSSR count). The van der Waals surface area contributed by atoms with Crippen LogP contribution in [0.2, 0.25) is 0 Å². The third-order valence-electron chi connectivity index (χ3n) is 5.80. The highest BCUT2D eigenvalue weighted by Crippen LogP contribution is 2.34. The molecular formula is C23H20ClF2N5O4. The summed E-state index contributed by atoms with van der Waals surface area (Å²) in [6.45, 7) is 1.39. The number of benzene rings is 1. The second-order valence-electron chi connectivity index (χ2n) is 8.27. The van der Waals surface area contributed by atoms with Crippen molar-refractivity contribution in [3.8, 4) is 17.0 Å². The van der Waals surface area contributed by atoms with Crippen molar-refractivity contribution in [1.82, 2.24) is 15.3 Å². The van der Waals surface area contributed by atoms with Crippen molar-refractivity contribution in [2.24, 2.45) is 0 Å². The van der Waals surface area contributed by atoms with E-state index in [1.165, 1.54) is 30.5 Å². The minimum absolute atomic E-state index is 0.159. The zero-order chi connectivity index (χ0) is 24.7. The molecule has 2 amide bonds. The van der Waals surface area contributed by atoms with Crippen LogP contribution in [0.25, 0.3) is 11.3 Å². The Balaban J connectivity index is 1.42. The van der Waals surface area contributed by atoms with Gasteiger partial charge in [0.1, 0.15) is 11.6 Å². The average Bonchev–Trinajstić information content (AvgIpc) is 3.51. The largest absolute Gasteiger partial charge is 0.487 e. The first kappa shape index (κ1) is 23.1. The number of halogens is 3. The second kappa shape index (κ2) is 8.82. The van der Waals surface area contributed by atoms with E-state index in [9.17, 15) is 23.5 Å². The summed E-state index contributed by atoms with van der Waals surface area (Å²) in [7, 11) is 0. The van der Waals surface area contributed by atoms with Gasteiger partial charge in [0.05, 0.1) is 29.5 Å². The third-order valence-corrected chi connectivity index (χ3v) is 5.87. The Labute approximate surface area is 203 Å². The van der Waals surface area contributed by atoms with E-state index in [0.717, 1.165) is 5.69 Å². The van der Waals surface area contributed by atoms with Gasteiger partial charge >= 0.3 is 5.57 Å². The molecule has 2 aliphatic heterocycles. The van der Waals surface area contributed by atoms with Crippen molar-refractivity contribution >= 4 is 34.9 Å². The highest BCUT2D eigenvalue weighted by atomic mass is 35.5. The van der Waals surface area contributed by atoms with Crippen LogP contribution in [0.1, 0.15) is 32.8 Å². The Hall–Kier alpha value is -3.70. The van der Waals surface area contributed by atoms with E-state index in [1.807, 2.05) is 4.90 Å². The number of alkyl halides is 3. The number of fused-ring (bicyclic) bond motifs is 1. The zero-order valence-electron chi connectivity index (χ0n) is 18.1. The number of nitrogens with zero attached hydrogens (tertiary/aromatic N) is 2. The molecular weight excluding hydrogens is 484 g/mol. The summed E-state index contributed by atoms with van der Waals surface area (Å²) < 4.78 is 29.8. The van der Waals surface area contributed by atoms with Crippen LogP contribution in [-0.2, 0) is 6.54 Å². The monoisotopic (exact) mass is 503 g/mol. The number of carbonyl (C=O) groups excluding carboxylic acids is 2. The molecule has 4 heterocycles. The molecule has 9 nitrogen and oxygen atoms in total. The number of carbonyl (C=O) groups is 2. The standard InChI is InChI=1S/C23H20ClF2N5O4/c24-23(25,26)35-15-3-1-13(2-4-15)29-21(33)12-7-16(18-8-17-19(30-18)10-28-22(17)34)20(27-9-12)31-6-5-14(32)11-31/h1-4,7-9,14,30,32H,5-6,10-11H2,(H,28,34)(H,29,33)/t14-/m1/s1. The molecule has 35 heavy (non-hydrogen) atoms. The summed E-state index contributed by atoms with van der Waals surface area (Å²) in [5, 5.41) is 15.4. The number of amides is 2. The molecule has 1 fully saturated rings. The minimum atomic E-state index is -3.83. The Bertz CT molecular complexity index is 1290. The average molecular weight is 504 g/mol. The molecule has 0 unspecified atom stereocenters. The predicted octanol–water partition coefficient (Wildman–Crippen LogP) is 3.31. The first-order valence-electron chi connectivity index (χ1n) is 10.8. The molecule has 1 saturated heterocycles. The Morgan fingerprint density at radius 2 is 2.03 bits per heavy atom. The van der Waals surface area contributed by atoms with Gasteiger partial charge in [-0.2, -0.15) is 0 Å². The summed E-state index contributed by atoms with van der Waals surface area (Å²) in [5.74, 6) is -0.225. The van der Waals surface area contributed by atoms with Crippen LogP contribution in [-0.4, -0.2) is 51.7 Å². The fourth-order valence-electron chi connectivity index (χ4n) is 4.16. The molecule has 0 bridgehead atoms. The lowest BCUT2D eigenvalue weighted by Crippen LogP contribution is -2.23. The summed E-state index contributed by atoms with van der Waals surface area (Å²) >= 11 is 4.76. The van der Waals surface area contributed by atoms with Gasteiger partial charge in [-0.05, 0) is 42.8 Å². The molecule has 2 aromatic heterocycles. The van der Waals surface area contributed by atoms with Crippen LogP contribution in [0, 0.1) is 0 Å². The Morgan fingerprint density at radius 3 is 2.69 bits per heavy atom.